The Morgan fingerprint density at radius 3 is 2.54 bits per heavy atom. The summed E-state index contributed by atoms with van der Waals surface area (Å²) < 4.78 is 25.0. The average Bonchev–Trinajstić information content (AvgIpc) is 3.55. The van der Waals surface area contributed by atoms with Gasteiger partial charge in [0.05, 0.1) is 28.8 Å². The molecule has 0 saturated carbocycles. The first-order valence-corrected chi connectivity index (χ1v) is 12.9. The molecule has 2 aliphatic rings. The number of rotatable bonds is 5. The van der Waals surface area contributed by atoms with Gasteiger partial charge in [0.1, 0.15) is 23.8 Å². The number of halogens is 1. The molecular formula is C23H21ClN6O4S. The number of nitrogens with zero attached hydrogens (tertiary/aromatic N) is 4. The van der Waals surface area contributed by atoms with Crippen LogP contribution in [0.2, 0.25) is 5.02 Å². The summed E-state index contributed by atoms with van der Waals surface area (Å²) in [5, 5.41) is 10.4. The van der Waals surface area contributed by atoms with E-state index in [-0.39, 0.29) is 24.9 Å². The second-order valence-corrected chi connectivity index (χ2v) is 10.3. The van der Waals surface area contributed by atoms with Gasteiger partial charge in [-0.15, -0.1) is 0 Å². The molecule has 3 N–H and O–H groups in total. The number of hydrogen-bond donors (Lipinski definition) is 3. The lowest BCUT2D eigenvalue weighted by Crippen LogP contribution is -2.34. The Labute approximate surface area is 207 Å². The molecule has 2 fully saturated rings. The standard InChI is InChI=1S/C23H21ClN6O4S/c1-35(25)13-7-26-21(27-8-13)12-4-2-11(3-5-12)18-14(24)6-15-22(29-18)30-23(28-15)34-17-10-33-19-16(31)9-32-20(17)19/h2-8,16-17,19-20,25,31H,9-10H2,1H3,(H,28,29,30)/t16-,17-,19-,20-,35?/m1/s1. The topological polar surface area (TPSA) is 139 Å². The smallest absolute Gasteiger partial charge is 0.296 e. The number of aromatic amines is 1. The van der Waals surface area contributed by atoms with Gasteiger partial charge in [0.2, 0.25) is 0 Å². The molecule has 4 aromatic rings. The minimum atomic E-state index is -0.642. The molecule has 10 nitrogen and oxygen atoms in total. The van der Waals surface area contributed by atoms with Crippen molar-refractivity contribution in [3.63, 3.8) is 0 Å². The summed E-state index contributed by atoms with van der Waals surface area (Å²) >= 11 is 6.54. The highest BCUT2D eigenvalue weighted by molar-refractivity contribution is 7.85. The molecule has 1 unspecified atom stereocenters. The van der Waals surface area contributed by atoms with Crippen molar-refractivity contribution in [1.29, 1.82) is 4.78 Å². The first kappa shape index (κ1) is 22.5. The summed E-state index contributed by atoms with van der Waals surface area (Å²) in [6.07, 6.45) is 3.46. The van der Waals surface area contributed by atoms with E-state index in [0.29, 0.717) is 40.3 Å². The summed E-state index contributed by atoms with van der Waals surface area (Å²) in [6, 6.07) is 9.67. The van der Waals surface area contributed by atoms with E-state index < -0.39 is 16.8 Å². The normalized spacial score (nSPS) is 24.5. The first-order chi connectivity index (χ1) is 17.0. The van der Waals surface area contributed by atoms with Gasteiger partial charge in [0, 0.05) is 23.5 Å². The van der Waals surface area contributed by atoms with Gasteiger partial charge in [-0.2, -0.15) is 4.98 Å². The first-order valence-electron chi connectivity index (χ1n) is 10.9. The second kappa shape index (κ2) is 8.92. The van der Waals surface area contributed by atoms with Crippen LogP contribution in [-0.2, 0) is 20.2 Å². The van der Waals surface area contributed by atoms with Gasteiger partial charge >= 0.3 is 0 Å². The zero-order valence-electron chi connectivity index (χ0n) is 18.5. The lowest BCUT2D eigenvalue weighted by molar-refractivity contribution is 0.00706. The van der Waals surface area contributed by atoms with Gasteiger partial charge in [-0.25, -0.2) is 15.0 Å². The van der Waals surface area contributed by atoms with Gasteiger partial charge in [0.15, 0.2) is 17.6 Å². The van der Waals surface area contributed by atoms with Gasteiger partial charge in [-0.3, -0.25) is 9.76 Å². The molecule has 3 aromatic heterocycles. The SMILES string of the molecule is CS(=N)c1cnc(-c2ccc(-c3nc4[nH]c(O[C@@H]5CO[C@H]6[C@@H]5OC[C@H]6O)nc4cc3Cl)cc2)nc1. The summed E-state index contributed by atoms with van der Waals surface area (Å²) in [5.41, 5.74) is 3.40. The number of aliphatic hydroxyl groups is 1. The minimum absolute atomic E-state index is 0.233. The predicted octanol–water partition coefficient (Wildman–Crippen LogP) is 3.01. The van der Waals surface area contributed by atoms with E-state index in [1.165, 1.54) is 0 Å². The molecule has 5 heterocycles. The van der Waals surface area contributed by atoms with Crippen LogP contribution >= 0.6 is 11.6 Å². The molecule has 0 bridgehead atoms. The molecule has 0 amide bonds. The third kappa shape index (κ3) is 4.19. The number of ether oxygens (including phenoxy) is 3. The lowest BCUT2D eigenvalue weighted by atomic mass is 10.1. The highest BCUT2D eigenvalue weighted by Gasteiger charge is 2.48. The van der Waals surface area contributed by atoms with Crippen LogP contribution in [0.3, 0.4) is 0 Å². The third-order valence-electron chi connectivity index (χ3n) is 6.05. The lowest BCUT2D eigenvalue weighted by Gasteiger charge is -2.15. The Bertz CT molecular complexity index is 1410. The van der Waals surface area contributed by atoms with E-state index in [2.05, 4.69) is 24.9 Å². The fourth-order valence-corrected chi connectivity index (χ4v) is 4.92. The van der Waals surface area contributed by atoms with Crippen LogP contribution in [0.5, 0.6) is 6.01 Å². The van der Waals surface area contributed by atoms with Crippen molar-refractivity contribution >= 4 is 33.5 Å². The monoisotopic (exact) mass is 512 g/mol. The van der Waals surface area contributed by atoms with Crippen molar-refractivity contribution in [2.75, 3.05) is 19.5 Å². The number of nitrogens with one attached hydrogen (secondary N) is 2. The van der Waals surface area contributed by atoms with Crippen LogP contribution < -0.4 is 4.74 Å². The van der Waals surface area contributed by atoms with Crippen molar-refractivity contribution in [1.82, 2.24) is 24.9 Å². The quantitative estimate of drug-likeness (QED) is 0.371. The highest BCUT2D eigenvalue weighted by Crippen LogP contribution is 2.32. The number of aliphatic hydroxyl groups excluding tert-OH is 1. The van der Waals surface area contributed by atoms with E-state index in [1.54, 1.807) is 18.5 Å². The predicted molar refractivity (Wildman–Crippen MR) is 130 cm³/mol. The van der Waals surface area contributed by atoms with E-state index in [0.717, 1.165) is 16.0 Å². The molecule has 180 valence electrons. The Morgan fingerprint density at radius 2 is 1.80 bits per heavy atom. The summed E-state index contributed by atoms with van der Waals surface area (Å²) in [7, 11) is -0.627. The van der Waals surface area contributed by atoms with Gasteiger partial charge < -0.3 is 19.3 Å². The van der Waals surface area contributed by atoms with Crippen LogP contribution in [0.4, 0.5) is 0 Å². The number of aromatic nitrogens is 5. The Morgan fingerprint density at radius 1 is 1.09 bits per heavy atom. The number of H-pyrrole nitrogens is 1. The van der Waals surface area contributed by atoms with Crippen LogP contribution in [-0.4, -0.2) is 73.9 Å². The van der Waals surface area contributed by atoms with Crippen LogP contribution in [0.1, 0.15) is 0 Å². The zero-order chi connectivity index (χ0) is 24.1. The maximum absolute atomic E-state index is 9.91. The molecule has 12 heteroatoms. The third-order valence-corrected chi connectivity index (χ3v) is 7.25. The molecule has 1 aromatic carbocycles. The number of pyridine rings is 1. The van der Waals surface area contributed by atoms with E-state index in [9.17, 15) is 5.11 Å². The molecule has 6 rings (SSSR count). The maximum atomic E-state index is 9.91. The molecule has 2 aliphatic heterocycles. The fraction of sp³-hybridized carbons (Fsp3) is 0.304. The molecule has 35 heavy (non-hydrogen) atoms. The number of hydrogen-bond acceptors (Lipinski definition) is 9. The van der Waals surface area contributed by atoms with E-state index in [1.807, 2.05) is 30.5 Å². The van der Waals surface area contributed by atoms with Crippen molar-refractivity contribution in [2.24, 2.45) is 0 Å². The van der Waals surface area contributed by atoms with E-state index in [4.69, 9.17) is 30.6 Å². The van der Waals surface area contributed by atoms with Crippen LogP contribution in [0.25, 0.3) is 33.8 Å². The molecule has 2 saturated heterocycles. The second-order valence-electron chi connectivity index (χ2n) is 8.38. The summed E-state index contributed by atoms with van der Waals surface area (Å²) in [4.78, 5) is 21.8. The molecule has 0 spiro atoms. The fourth-order valence-electron chi connectivity index (χ4n) is 4.24. The molecule has 5 atom stereocenters. The van der Waals surface area contributed by atoms with Gasteiger partial charge in [-0.1, -0.05) is 46.6 Å². The average molecular weight is 513 g/mol. The molecular weight excluding hydrogens is 492 g/mol. The number of fused-ring (bicyclic) bond motifs is 2. The van der Waals surface area contributed by atoms with Crippen LogP contribution in [0.15, 0.2) is 47.6 Å². The largest absolute Gasteiger partial charge is 0.456 e. The molecule has 0 radical (unpaired) electrons. The Hall–Kier alpha value is -2.96. The number of imidazole rings is 1. The van der Waals surface area contributed by atoms with Crippen LogP contribution in [0, 0.1) is 4.78 Å². The Kier molecular flexibility index (Phi) is 5.73. The summed E-state index contributed by atoms with van der Waals surface area (Å²) in [5.74, 6) is 0.590. The molecule has 0 aliphatic carbocycles. The van der Waals surface area contributed by atoms with Crippen molar-refractivity contribution in [3.8, 4) is 28.7 Å². The number of benzene rings is 1. The highest BCUT2D eigenvalue weighted by atomic mass is 35.5. The van der Waals surface area contributed by atoms with Crippen molar-refractivity contribution in [2.45, 2.75) is 29.3 Å². The Balaban J connectivity index is 1.23. The zero-order valence-corrected chi connectivity index (χ0v) is 20.1. The van der Waals surface area contributed by atoms with Crippen molar-refractivity contribution in [3.05, 3.63) is 47.7 Å². The van der Waals surface area contributed by atoms with Crippen molar-refractivity contribution < 1.29 is 19.3 Å². The maximum Gasteiger partial charge on any atom is 0.296 e. The summed E-state index contributed by atoms with van der Waals surface area (Å²) in [6.45, 7) is 0.543. The van der Waals surface area contributed by atoms with Gasteiger partial charge in [-0.05, 0) is 12.3 Å². The van der Waals surface area contributed by atoms with Gasteiger partial charge in [0.25, 0.3) is 6.01 Å². The van der Waals surface area contributed by atoms with E-state index >= 15 is 0 Å². The minimum Gasteiger partial charge on any atom is -0.456 e.